The van der Waals surface area contributed by atoms with Crippen LogP contribution in [-0.4, -0.2) is 35.8 Å². The number of aromatic carboxylic acids is 1. The molecular formula is C14H14N2O4S. The molecule has 2 rings (SSSR count). The number of aromatic nitrogens is 1. The van der Waals surface area contributed by atoms with Crippen LogP contribution in [0.2, 0.25) is 0 Å². The van der Waals surface area contributed by atoms with Crippen molar-refractivity contribution in [2.24, 2.45) is 0 Å². The number of sulfonamides is 1. The third-order valence-electron chi connectivity index (χ3n) is 2.93. The first-order chi connectivity index (χ1) is 9.93. The van der Waals surface area contributed by atoms with E-state index in [0.29, 0.717) is 0 Å². The molecule has 1 aromatic heterocycles. The summed E-state index contributed by atoms with van der Waals surface area (Å²) >= 11 is 0. The van der Waals surface area contributed by atoms with Gasteiger partial charge in [-0.1, -0.05) is 18.2 Å². The second-order valence-electron chi connectivity index (χ2n) is 4.42. The zero-order chi connectivity index (χ0) is 15.5. The lowest BCUT2D eigenvalue weighted by Crippen LogP contribution is -2.28. The Balaban J connectivity index is 2.36. The summed E-state index contributed by atoms with van der Waals surface area (Å²) in [6.45, 7) is 0.115. The highest BCUT2D eigenvalue weighted by molar-refractivity contribution is 7.89. The van der Waals surface area contributed by atoms with E-state index < -0.39 is 16.0 Å². The number of rotatable bonds is 5. The molecule has 0 amide bonds. The smallest absolute Gasteiger partial charge is 0.337 e. The van der Waals surface area contributed by atoms with Crippen LogP contribution in [0, 0.1) is 0 Å². The van der Waals surface area contributed by atoms with Gasteiger partial charge in [0.05, 0.1) is 10.5 Å². The average molecular weight is 306 g/mol. The van der Waals surface area contributed by atoms with Crippen LogP contribution in [0.4, 0.5) is 0 Å². The van der Waals surface area contributed by atoms with E-state index in [1.54, 1.807) is 24.5 Å². The molecule has 1 heterocycles. The third kappa shape index (κ3) is 3.26. The normalized spacial score (nSPS) is 11.5. The maximum atomic E-state index is 12.5. The molecule has 0 unspecified atom stereocenters. The van der Waals surface area contributed by atoms with Gasteiger partial charge in [0.25, 0.3) is 0 Å². The van der Waals surface area contributed by atoms with Crippen LogP contribution in [0.5, 0.6) is 0 Å². The number of pyridine rings is 1. The SMILES string of the molecule is CN(Cc1cccnc1)S(=O)(=O)c1ccccc1C(=O)O. The number of carbonyl (C=O) groups is 1. The Bertz CT molecular complexity index is 745. The van der Waals surface area contributed by atoms with Crippen molar-refractivity contribution in [1.82, 2.24) is 9.29 Å². The van der Waals surface area contributed by atoms with Crippen LogP contribution < -0.4 is 0 Å². The maximum absolute atomic E-state index is 12.5. The number of carboxylic acids is 1. The highest BCUT2D eigenvalue weighted by Crippen LogP contribution is 2.20. The van der Waals surface area contributed by atoms with Crippen LogP contribution in [0.15, 0.2) is 53.7 Å². The molecule has 0 aliphatic carbocycles. The van der Waals surface area contributed by atoms with Crippen LogP contribution in [-0.2, 0) is 16.6 Å². The molecule has 21 heavy (non-hydrogen) atoms. The van der Waals surface area contributed by atoms with Gasteiger partial charge in [-0.25, -0.2) is 13.2 Å². The van der Waals surface area contributed by atoms with E-state index in [4.69, 9.17) is 5.11 Å². The molecule has 1 N–H and O–H groups in total. The summed E-state index contributed by atoms with van der Waals surface area (Å²) in [6, 6.07) is 9.01. The van der Waals surface area contributed by atoms with Gasteiger partial charge < -0.3 is 5.11 Å². The molecule has 7 heteroatoms. The van der Waals surface area contributed by atoms with Gasteiger partial charge in [-0.05, 0) is 23.8 Å². The summed E-state index contributed by atoms with van der Waals surface area (Å²) in [5.41, 5.74) is 0.479. The molecule has 6 nitrogen and oxygen atoms in total. The predicted molar refractivity (Wildman–Crippen MR) is 76.3 cm³/mol. The van der Waals surface area contributed by atoms with E-state index in [2.05, 4.69) is 4.98 Å². The number of nitrogens with zero attached hydrogens (tertiary/aromatic N) is 2. The van der Waals surface area contributed by atoms with Crippen LogP contribution in [0.3, 0.4) is 0 Å². The molecule has 0 fully saturated rings. The molecule has 0 saturated heterocycles. The van der Waals surface area contributed by atoms with E-state index >= 15 is 0 Å². The molecule has 0 aliphatic heterocycles. The number of hydrogen-bond acceptors (Lipinski definition) is 4. The summed E-state index contributed by atoms with van der Waals surface area (Å²) in [5, 5.41) is 9.11. The third-order valence-corrected chi connectivity index (χ3v) is 4.80. The van der Waals surface area contributed by atoms with E-state index in [1.807, 2.05) is 0 Å². The summed E-state index contributed by atoms with van der Waals surface area (Å²) < 4.78 is 26.1. The Hall–Kier alpha value is -2.25. The average Bonchev–Trinajstić information content (AvgIpc) is 2.48. The van der Waals surface area contributed by atoms with Crippen molar-refractivity contribution in [2.45, 2.75) is 11.4 Å². The fraction of sp³-hybridized carbons (Fsp3) is 0.143. The molecule has 2 aromatic rings. The van der Waals surface area contributed by atoms with E-state index in [1.165, 1.54) is 31.3 Å². The summed E-state index contributed by atoms with van der Waals surface area (Å²) in [6.07, 6.45) is 3.16. The van der Waals surface area contributed by atoms with Gasteiger partial charge in [-0.15, -0.1) is 0 Å². The summed E-state index contributed by atoms with van der Waals surface area (Å²) in [5.74, 6) is -1.27. The molecule has 0 bridgehead atoms. The molecule has 110 valence electrons. The minimum atomic E-state index is -3.89. The van der Waals surface area contributed by atoms with Crippen molar-refractivity contribution in [2.75, 3.05) is 7.05 Å². The van der Waals surface area contributed by atoms with Crippen LogP contribution in [0.1, 0.15) is 15.9 Å². The maximum Gasteiger partial charge on any atom is 0.337 e. The fourth-order valence-corrected chi connectivity index (χ4v) is 3.21. The summed E-state index contributed by atoms with van der Waals surface area (Å²) in [4.78, 5) is 14.9. The lowest BCUT2D eigenvalue weighted by atomic mass is 10.2. The molecule has 0 radical (unpaired) electrons. The number of benzene rings is 1. The van der Waals surface area contributed by atoms with E-state index in [0.717, 1.165) is 9.87 Å². The Morgan fingerprint density at radius 3 is 2.57 bits per heavy atom. The quantitative estimate of drug-likeness (QED) is 0.906. The highest BCUT2D eigenvalue weighted by Gasteiger charge is 2.26. The molecule has 0 atom stereocenters. The Morgan fingerprint density at radius 2 is 1.95 bits per heavy atom. The highest BCUT2D eigenvalue weighted by atomic mass is 32.2. The van der Waals surface area contributed by atoms with Gasteiger partial charge in [-0.2, -0.15) is 4.31 Å². The first-order valence-electron chi connectivity index (χ1n) is 6.10. The van der Waals surface area contributed by atoms with Crippen molar-refractivity contribution in [1.29, 1.82) is 0 Å². The van der Waals surface area contributed by atoms with Crippen molar-refractivity contribution in [3.63, 3.8) is 0 Å². The molecular weight excluding hydrogens is 292 g/mol. The second-order valence-corrected chi connectivity index (χ2v) is 6.44. The fourth-order valence-electron chi connectivity index (χ4n) is 1.87. The van der Waals surface area contributed by atoms with Gasteiger partial charge in [0.15, 0.2) is 0 Å². The van der Waals surface area contributed by atoms with E-state index in [9.17, 15) is 13.2 Å². The van der Waals surface area contributed by atoms with Gasteiger partial charge in [0.1, 0.15) is 0 Å². The molecule has 0 saturated carbocycles. The lowest BCUT2D eigenvalue weighted by molar-refractivity contribution is 0.0692. The molecule has 0 aliphatic rings. The van der Waals surface area contributed by atoms with Crippen molar-refractivity contribution in [3.05, 3.63) is 59.9 Å². The predicted octanol–water partition coefficient (Wildman–Crippen LogP) is 1.60. The van der Waals surface area contributed by atoms with Crippen molar-refractivity contribution < 1.29 is 18.3 Å². The van der Waals surface area contributed by atoms with Gasteiger partial charge in [0.2, 0.25) is 10.0 Å². The monoisotopic (exact) mass is 306 g/mol. The lowest BCUT2D eigenvalue weighted by Gasteiger charge is -2.18. The Morgan fingerprint density at radius 1 is 1.24 bits per heavy atom. The Labute approximate surface area is 122 Å². The first-order valence-corrected chi connectivity index (χ1v) is 7.54. The molecule has 0 spiro atoms. The topological polar surface area (TPSA) is 87.6 Å². The zero-order valence-corrected chi connectivity index (χ0v) is 12.1. The van der Waals surface area contributed by atoms with Crippen molar-refractivity contribution in [3.8, 4) is 0 Å². The van der Waals surface area contributed by atoms with Gasteiger partial charge >= 0.3 is 5.97 Å². The largest absolute Gasteiger partial charge is 0.478 e. The zero-order valence-electron chi connectivity index (χ0n) is 11.3. The first kappa shape index (κ1) is 15.1. The van der Waals surface area contributed by atoms with Crippen molar-refractivity contribution >= 4 is 16.0 Å². The van der Waals surface area contributed by atoms with E-state index in [-0.39, 0.29) is 17.0 Å². The standard InChI is InChI=1S/C14H14N2O4S/c1-16(10-11-5-4-8-15-9-11)21(19,20)13-7-3-2-6-12(13)14(17)18/h2-9H,10H2,1H3,(H,17,18). The Kier molecular flexibility index (Phi) is 4.35. The van der Waals surface area contributed by atoms with Gasteiger partial charge in [0, 0.05) is 26.0 Å². The number of hydrogen-bond donors (Lipinski definition) is 1. The second kappa shape index (κ2) is 6.02. The van der Waals surface area contributed by atoms with Crippen LogP contribution in [0.25, 0.3) is 0 Å². The summed E-state index contributed by atoms with van der Waals surface area (Å²) in [7, 11) is -2.48. The van der Waals surface area contributed by atoms with Gasteiger partial charge in [-0.3, -0.25) is 4.98 Å². The minimum absolute atomic E-state index is 0.115. The van der Waals surface area contributed by atoms with Crippen LogP contribution >= 0.6 is 0 Å². The minimum Gasteiger partial charge on any atom is -0.478 e. The molecule has 1 aromatic carbocycles. The number of carboxylic acid groups (broad SMARTS) is 1.